The molecule has 2 aromatic heterocycles. The van der Waals surface area contributed by atoms with E-state index in [1.807, 2.05) is 46.7 Å². The van der Waals surface area contributed by atoms with Crippen molar-refractivity contribution in [3.05, 3.63) is 53.4 Å². The number of hydrogen-bond acceptors (Lipinski definition) is 5. The average molecular weight is 449 g/mol. The van der Waals surface area contributed by atoms with E-state index in [-0.39, 0.29) is 29.4 Å². The Hall–Kier alpha value is -2.73. The number of thiophene rings is 1. The highest BCUT2D eigenvalue weighted by molar-refractivity contribution is 7.13. The van der Waals surface area contributed by atoms with Crippen LogP contribution in [-0.2, 0) is 9.53 Å². The zero-order valence-corrected chi connectivity index (χ0v) is 19.6. The fraction of sp³-hybridized carbons (Fsp3) is 0.423. The molecule has 5 nitrogen and oxygen atoms in total. The molecule has 1 saturated carbocycles. The minimum absolute atomic E-state index is 0.0957. The maximum Gasteiger partial charge on any atom is 0.339 e. The van der Waals surface area contributed by atoms with Gasteiger partial charge >= 0.3 is 5.97 Å². The smallest absolute Gasteiger partial charge is 0.339 e. The predicted molar refractivity (Wildman–Crippen MR) is 127 cm³/mol. The molecule has 1 aliphatic heterocycles. The number of pyridine rings is 1. The SMILES string of the molecule is CC1(C)C[C@@H]2C[C@@](C)(CN2C(=O)COC(=O)c2cc(-c3cccs3)nc3ccccc23)C1. The highest BCUT2D eigenvalue weighted by Crippen LogP contribution is 2.52. The van der Waals surface area contributed by atoms with Crippen LogP contribution in [0.1, 0.15) is 50.4 Å². The van der Waals surface area contributed by atoms with Crippen molar-refractivity contribution in [3.63, 3.8) is 0 Å². The number of benzene rings is 1. The van der Waals surface area contributed by atoms with Gasteiger partial charge in [-0.25, -0.2) is 9.78 Å². The van der Waals surface area contributed by atoms with Crippen LogP contribution in [0.25, 0.3) is 21.5 Å². The lowest BCUT2D eigenvalue weighted by Crippen LogP contribution is -2.39. The van der Waals surface area contributed by atoms with Crippen molar-refractivity contribution in [2.45, 2.75) is 46.1 Å². The molecule has 0 radical (unpaired) electrons. The maximum atomic E-state index is 13.1. The Morgan fingerprint density at radius 1 is 1.16 bits per heavy atom. The first-order chi connectivity index (χ1) is 15.2. The highest BCUT2D eigenvalue weighted by Gasteiger charge is 2.50. The lowest BCUT2D eigenvalue weighted by molar-refractivity contribution is -0.135. The monoisotopic (exact) mass is 448 g/mol. The second-order valence-electron chi connectivity index (χ2n) is 10.4. The van der Waals surface area contributed by atoms with E-state index in [0.717, 1.165) is 47.3 Å². The molecule has 3 heterocycles. The first kappa shape index (κ1) is 21.1. The van der Waals surface area contributed by atoms with Gasteiger partial charge in [0.05, 0.1) is 21.7 Å². The summed E-state index contributed by atoms with van der Waals surface area (Å²) < 4.78 is 5.56. The second-order valence-corrected chi connectivity index (χ2v) is 11.3. The normalized spacial score (nSPS) is 24.0. The molecule has 1 amide bonds. The van der Waals surface area contributed by atoms with Crippen LogP contribution in [-0.4, -0.2) is 41.0 Å². The molecule has 0 unspecified atom stereocenters. The number of ether oxygens (including phenoxy) is 1. The van der Waals surface area contributed by atoms with Crippen LogP contribution in [0, 0.1) is 10.8 Å². The van der Waals surface area contributed by atoms with Crippen LogP contribution in [0.3, 0.4) is 0 Å². The number of hydrogen-bond donors (Lipinski definition) is 0. The van der Waals surface area contributed by atoms with E-state index >= 15 is 0 Å². The van der Waals surface area contributed by atoms with E-state index in [4.69, 9.17) is 9.72 Å². The van der Waals surface area contributed by atoms with Gasteiger partial charge in [-0.1, -0.05) is 45.0 Å². The largest absolute Gasteiger partial charge is 0.452 e. The number of para-hydroxylation sites is 1. The Labute approximate surface area is 192 Å². The lowest BCUT2D eigenvalue weighted by atomic mass is 9.65. The summed E-state index contributed by atoms with van der Waals surface area (Å²) in [6.07, 6.45) is 3.16. The zero-order valence-electron chi connectivity index (χ0n) is 18.8. The molecular formula is C26H28N2O3S. The zero-order chi connectivity index (χ0) is 22.5. The number of carbonyl (C=O) groups excluding carboxylic acids is 2. The van der Waals surface area contributed by atoms with E-state index < -0.39 is 5.97 Å². The quantitative estimate of drug-likeness (QED) is 0.491. The van der Waals surface area contributed by atoms with Crippen molar-refractivity contribution in [3.8, 4) is 10.6 Å². The van der Waals surface area contributed by atoms with Crippen LogP contribution in [0.2, 0.25) is 0 Å². The number of fused-ring (bicyclic) bond motifs is 3. The van der Waals surface area contributed by atoms with Gasteiger partial charge in [0, 0.05) is 18.0 Å². The summed E-state index contributed by atoms with van der Waals surface area (Å²) in [4.78, 5) is 33.7. The molecule has 5 rings (SSSR count). The van der Waals surface area contributed by atoms with Crippen LogP contribution < -0.4 is 0 Å². The molecule has 166 valence electrons. The van der Waals surface area contributed by atoms with Gasteiger partial charge in [0.25, 0.3) is 5.91 Å². The number of nitrogens with zero attached hydrogens (tertiary/aromatic N) is 2. The van der Waals surface area contributed by atoms with Gasteiger partial charge in [-0.05, 0) is 53.7 Å². The number of aromatic nitrogens is 1. The van der Waals surface area contributed by atoms with Crippen molar-refractivity contribution < 1.29 is 14.3 Å². The highest BCUT2D eigenvalue weighted by atomic mass is 32.1. The van der Waals surface area contributed by atoms with Crippen molar-refractivity contribution in [2.75, 3.05) is 13.2 Å². The molecule has 2 aliphatic rings. The topological polar surface area (TPSA) is 59.5 Å². The number of likely N-dealkylation sites (tertiary alicyclic amines) is 1. The summed E-state index contributed by atoms with van der Waals surface area (Å²) in [6, 6.07) is 13.5. The second kappa shape index (κ2) is 7.69. The molecule has 0 N–H and O–H groups in total. The van der Waals surface area contributed by atoms with E-state index in [2.05, 4.69) is 20.8 Å². The van der Waals surface area contributed by atoms with E-state index in [0.29, 0.717) is 5.56 Å². The van der Waals surface area contributed by atoms with Crippen molar-refractivity contribution >= 4 is 34.1 Å². The Balaban J connectivity index is 1.35. The number of carbonyl (C=O) groups is 2. The first-order valence-electron chi connectivity index (χ1n) is 11.1. The number of rotatable bonds is 4. The fourth-order valence-corrected chi connectivity index (χ4v) is 6.62. The lowest BCUT2D eigenvalue weighted by Gasteiger charge is -2.39. The number of amides is 1. The molecule has 2 bridgehead atoms. The van der Waals surface area contributed by atoms with Crippen LogP contribution in [0.5, 0.6) is 0 Å². The summed E-state index contributed by atoms with van der Waals surface area (Å²) in [5, 5.41) is 2.72. The van der Waals surface area contributed by atoms with Gasteiger partial charge in [-0.2, -0.15) is 0 Å². The third kappa shape index (κ3) is 3.92. The Kier molecular flexibility index (Phi) is 5.08. The fourth-order valence-electron chi connectivity index (χ4n) is 5.93. The van der Waals surface area contributed by atoms with Gasteiger partial charge in [-0.3, -0.25) is 4.79 Å². The van der Waals surface area contributed by atoms with Crippen molar-refractivity contribution in [2.24, 2.45) is 10.8 Å². The van der Waals surface area contributed by atoms with Crippen molar-refractivity contribution in [1.29, 1.82) is 0 Å². The van der Waals surface area contributed by atoms with E-state index in [1.54, 1.807) is 17.4 Å². The Morgan fingerprint density at radius 2 is 1.97 bits per heavy atom. The molecule has 0 spiro atoms. The molecule has 6 heteroatoms. The van der Waals surface area contributed by atoms with Gasteiger partial charge in [-0.15, -0.1) is 11.3 Å². The third-order valence-corrected chi connectivity index (χ3v) is 7.66. The van der Waals surface area contributed by atoms with Crippen LogP contribution >= 0.6 is 11.3 Å². The molecule has 3 aromatic rings. The van der Waals surface area contributed by atoms with E-state index in [1.165, 1.54) is 0 Å². The van der Waals surface area contributed by atoms with Gasteiger partial charge in [0.1, 0.15) is 0 Å². The molecule has 1 saturated heterocycles. The first-order valence-corrected chi connectivity index (χ1v) is 12.0. The molecular weight excluding hydrogens is 420 g/mol. The summed E-state index contributed by atoms with van der Waals surface area (Å²) in [7, 11) is 0. The summed E-state index contributed by atoms with van der Waals surface area (Å²) in [5.41, 5.74) is 2.31. The average Bonchev–Trinajstić information content (AvgIpc) is 3.36. The Bertz CT molecular complexity index is 1190. The molecule has 32 heavy (non-hydrogen) atoms. The molecule has 1 aromatic carbocycles. The minimum atomic E-state index is -0.483. The molecule has 1 aliphatic carbocycles. The maximum absolute atomic E-state index is 13.1. The predicted octanol–water partition coefficient (Wildman–Crippen LogP) is 5.55. The minimum Gasteiger partial charge on any atom is -0.452 e. The number of esters is 1. The molecule has 2 atom stereocenters. The van der Waals surface area contributed by atoms with Gasteiger partial charge in [0.2, 0.25) is 0 Å². The van der Waals surface area contributed by atoms with Gasteiger partial charge in [0.15, 0.2) is 6.61 Å². The van der Waals surface area contributed by atoms with E-state index in [9.17, 15) is 9.59 Å². The van der Waals surface area contributed by atoms with Crippen molar-refractivity contribution in [1.82, 2.24) is 9.88 Å². The standard InChI is InChI=1S/C26H28N2O3S/c1-25(2)12-17-13-26(3,15-25)16-28(17)23(29)14-31-24(30)19-11-21(22-9-6-10-32-22)27-20-8-5-4-7-18(19)20/h4-11,17H,12-16H2,1-3H3/t17-,26-/m1/s1. The molecule has 2 fully saturated rings. The van der Waals surface area contributed by atoms with Gasteiger partial charge < -0.3 is 9.64 Å². The van der Waals surface area contributed by atoms with Crippen LogP contribution in [0.4, 0.5) is 0 Å². The third-order valence-electron chi connectivity index (χ3n) is 6.77. The summed E-state index contributed by atoms with van der Waals surface area (Å²) >= 11 is 1.57. The Morgan fingerprint density at radius 3 is 2.75 bits per heavy atom. The van der Waals surface area contributed by atoms with Crippen LogP contribution in [0.15, 0.2) is 47.8 Å². The summed E-state index contributed by atoms with van der Waals surface area (Å²) in [5.74, 6) is -0.579. The summed E-state index contributed by atoms with van der Waals surface area (Å²) in [6.45, 7) is 7.36.